The molecule has 2 aliphatic rings. The van der Waals surface area contributed by atoms with E-state index in [0.717, 1.165) is 35.9 Å². The fourth-order valence-corrected chi connectivity index (χ4v) is 7.82. The first kappa shape index (κ1) is 27.9. The van der Waals surface area contributed by atoms with E-state index in [1.54, 1.807) is 18.6 Å². The minimum absolute atomic E-state index is 0.0241. The molecule has 0 radical (unpaired) electrons. The summed E-state index contributed by atoms with van der Waals surface area (Å²) in [7, 11) is -3.74. The first-order valence-corrected chi connectivity index (χ1v) is 16.3. The number of hydrogen-bond donors (Lipinski definition) is 2. The van der Waals surface area contributed by atoms with Gasteiger partial charge < -0.3 is 16.0 Å². The summed E-state index contributed by atoms with van der Waals surface area (Å²) in [4.78, 5) is 32.4. The van der Waals surface area contributed by atoms with E-state index in [9.17, 15) is 13.2 Å². The van der Waals surface area contributed by atoms with Crippen LogP contribution in [0.5, 0.6) is 0 Å². The minimum atomic E-state index is -3.74. The second-order valence-electron chi connectivity index (χ2n) is 11.5. The van der Waals surface area contributed by atoms with Crippen molar-refractivity contribution in [3.63, 3.8) is 0 Å². The summed E-state index contributed by atoms with van der Waals surface area (Å²) in [6.45, 7) is 1.45. The number of carbonyl (C=O) groups excluding carboxylic acids is 1. The van der Waals surface area contributed by atoms with Gasteiger partial charge in [0.1, 0.15) is 22.7 Å². The molecule has 12 nitrogen and oxygen atoms in total. The number of aromatic nitrogens is 6. The molecule has 7 rings (SSSR count). The monoisotopic (exact) mass is 609 g/mol. The first-order valence-electron chi connectivity index (χ1n) is 14.4. The van der Waals surface area contributed by atoms with Crippen LogP contribution >= 0.6 is 0 Å². The van der Waals surface area contributed by atoms with Crippen LogP contribution in [-0.2, 0) is 14.6 Å². The number of carbonyl (C=O) groups is 1. The minimum Gasteiger partial charge on any atom is -0.382 e. The van der Waals surface area contributed by atoms with Gasteiger partial charge in [0, 0.05) is 54.1 Å². The predicted octanol–water partition coefficient (Wildman–Crippen LogP) is 4.11. The highest BCUT2D eigenvalue weighted by Gasteiger charge is 2.44. The van der Waals surface area contributed by atoms with Crippen molar-refractivity contribution in [2.45, 2.75) is 55.5 Å². The molecule has 2 fully saturated rings. The van der Waals surface area contributed by atoms with Gasteiger partial charge in [-0.25, -0.2) is 23.4 Å². The molecule has 1 aromatic carbocycles. The van der Waals surface area contributed by atoms with E-state index in [1.807, 2.05) is 42.5 Å². The number of pyridine rings is 1. The summed E-state index contributed by atoms with van der Waals surface area (Å²) in [5, 5.41) is 7.28. The van der Waals surface area contributed by atoms with Gasteiger partial charge in [0.05, 0.1) is 23.8 Å². The summed E-state index contributed by atoms with van der Waals surface area (Å²) in [6.07, 6.45) is 10.8. The highest BCUT2D eigenvalue weighted by Crippen LogP contribution is 2.47. The predicted molar refractivity (Wildman–Crippen MR) is 167 cm³/mol. The molecule has 3 atom stereocenters. The Morgan fingerprint density at radius 1 is 0.977 bits per heavy atom. The number of hydrogen-bond acceptors (Lipinski definition) is 10. The van der Waals surface area contributed by atoms with Crippen molar-refractivity contribution in [2.75, 3.05) is 22.2 Å². The lowest BCUT2D eigenvalue weighted by Gasteiger charge is -2.40. The molecule has 2 aliphatic heterocycles. The second-order valence-corrected chi connectivity index (χ2v) is 13.4. The van der Waals surface area contributed by atoms with Crippen molar-refractivity contribution >= 4 is 38.7 Å². The normalized spacial score (nSPS) is 19.8. The molecule has 0 saturated carbocycles. The zero-order valence-corrected chi connectivity index (χ0v) is 25.1. The number of sulfone groups is 1. The fraction of sp³-hybridized carbons (Fsp3) is 0.290. The Morgan fingerprint density at radius 3 is 2.39 bits per heavy atom. The van der Waals surface area contributed by atoms with Gasteiger partial charge in [-0.15, -0.1) is 0 Å². The third-order valence-corrected chi connectivity index (χ3v) is 9.70. The quantitative estimate of drug-likeness (QED) is 0.287. The number of benzene rings is 1. The maximum Gasteiger partial charge on any atom is 0.221 e. The lowest BCUT2D eigenvalue weighted by molar-refractivity contribution is -0.114. The van der Waals surface area contributed by atoms with E-state index in [1.165, 1.54) is 17.8 Å². The van der Waals surface area contributed by atoms with Gasteiger partial charge >= 0.3 is 0 Å². The van der Waals surface area contributed by atoms with Crippen molar-refractivity contribution < 1.29 is 13.2 Å². The Morgan fingerprint density at radius 2 is 1.73 bits per heavy atom. The Bertz CT molecular complexity index is 1980. The van der Waals surface area contributed by atoms with E-state index in [2.05, 4.69) is 30.3 Å². The Balaban J connectivity index is 1.28. The summed E-state index contributed by atoms with van der Waals surface area (Å²) >= 11 is 0. The van der Waals surface area contributed by atoms with Gasteiger partial charge in [0.2, 0.25) is 5.91 Å². The fourth-order valence-electron chi connectivity index (χ4n) is 6.76. The second kappa shape index (κ2) is 10.7. The molecule has 2 saturated heterocycles. The molecule has 44 heavy (non-hydrogen) atoms. The number of amides is 1. The maximum absolute atomic E-state index is 13.2. The largest absolute Gasteiger partial charge is 0.382 e. The van der Waals surface area contributed by atoms with Gasteiger partial charge in [-0.2, -0.15) is 9.61 Å². The average Bonchev–Trinajstić information content (AvgIpc) is 3.54. The van der Waals surface area contributed by atoms with Crippen LogP contribution in [0.3, 0.4) is 0 Å². The van der Waals surface area contributed by atoms with Crippen molar-refractivity contribution in [3.05, 3.63) is 73.1 Å². The maximum atomic E-state index is 13.2. The number of anilines is 3. The Hall–Kier alpha value is -4.91. The molecule has 0 aliphatic carbocycles. The summed E-state index contributed by atoms with van der Waals surface area (Å²) in [6, 6.07) is 14.0. The van der Waals surface area contributed by atoms with Crippen molar-refractivity contribution in [3.8, 4) is 22.4 Å². The van der Waals surface area contributed by atoms with Crippen LogP contribution in [0.2, 0.25) is 0 Å². The number of fused-ring (bicyclic) bond motifs is 3. The molecule has 224 valence electrons. The van der Waals surface area contributed by atoms with Gasteiger partial charge in [-0.1, -0.05) is 36.4 Å². The summed E-state index contributed by atoms with van der Waals surface area (Å²) in [5.41, 5.74) is 11.4. The number of nitrogens with zero attached hydrogens (tertiary/aromatic N) is 7. The van der Waals surface area contributed by atoms with Crippen LogP contribution in [0.25, 0.3) is 28.0 Å². The van der Waals surface area contributed by atoms with Crippen molar-refractivity contribution in [1.82, 2.24) is 29.5 Å². The third kappa shape index (κ3) is 4.82. The Kier molecular flexibility index (Phi) is 6.76. The zero-order chi connectivity index (χ0) is 30.6. The van der Waals surface area contributed by atoms with E-state index in [0.29, 0.717) is 41.3 Å². The molecule has 3 N–H and O–H groups in total. The summed E-state index contributed by atoms with van der Waals surface area (Å²) < 4.78 is 27.8. The number of rotatable bonds is 6. The molecule has 5 aromatic rings. The average molecular weight is 610 g/mol. The van der Waals surface area contributed by atoms with Crippen LogP contribution in [0.4, 0.5) is 17.3 Å². The van der Waals surface area contributed by atoms with E-state index in [4.69, 9.17) is 10.7 Å². The van der Waals surface area contributed by atoms with Crippen LogP contribution < -0.4 is 16.0 Å². The van der Waals surface area contributed by atoms with E-state index < -0.39 is 9.84 Å². The number of piperidine rings is 1. The summed E-state index contributed by atoms with van der Waals surface area (Å²) in [5.74, 6) is 0.367. The van der Waals surface area contributed by atoms with E-state index >= 15 is 0 Å². The van der Waals surface area contributed by atoms with Crippen molar-refractivity contribution in [2.24, 2.45) is 0 Å². The topological polar surface area (TPSA) is 161 Å². The van der Waals surface area contributed by atoms with Crippen LogP contribution in [0.1, 0.15) is 44.2 Å². The molecule has 0 spiro atoms. The lowest BCUT2D eigenvalue weighted by atomic mass is 9.87. The van der Waals surface area contributed by atoms with Crippen LogP contribution in [0, 0.1) is 0 Å². The molecule has 1 amide bonds. The lowest BCUT2D eigenvalue weighted by Crippen LogP contribution is -2.43. The molecule has 2 bridgehead atoms. The van der Waals surface area contributed by atoms with Gasteiger partial charge in [-0.05, 0) is 31.7 Å². The Labute approximate surface area is 254 Å². The highest BCUT2D eigenvalue weighted by atomic mass is 32.2. The molecule has 6 heterocycles. The highest BCUT2D eigenvalue weighted by molar-refractivity contribution is 7.91. The molecular formula is C31H31N9O3S. The van der Waals surface area contributed by atoms with E-state index in [-0.39, 0.29) is 34.6 Å². The first-order chi connectivity index (χ1) is 21.2. The molecular weight excluding hydrogens is 578 g/mol. The van der Waals surface area contributed by atoms with Crippen LogP contribution in [0.15, 0.2) is 72.3 Å². The number of nitrogens with one attached hydrogen (secondary N) is 1. The van der Waals surface area contributed by atoms with Gasteiger partial charge in [0.25, 0.3) is 0 Å². The standard InChI is InChI=1S/C31H31N9O3S/c1-18(41)37-26-16-33-17-35-31(26)39-22-9-10-23(39)13-21(12-22)27-28(44(2,42)43)29(32)40-30(38-27)24(15-36-40)20-8-11-25(34-14-20)19-6-4-3-5-7-19/h3-8,11,14-17,21-23H,9-10,12-13,32H2,1-2H3,(H,37,41)/t21-,22+,23-. The smallest absolute Gasteiger partial charge is 0.221 e. The SMILES string of the molecule is CC(=O)Nc1cncnc1N1[C@@H]2CC[C@H]1C[C@@H](c1nc3c(-c4ccc(-c5ccccc5)nc4)cnn3c(N)c1S(C)(=O)=O)C2. The molecule has 4 aromatic heterocycles. The number of nitrogen functional groups attached to an aromatic ring is 1. The third-order valence-electron chi connectivity index (χ3n) is 8.54. The number of nitrogens with two attached hydrogens (primary N) is 1. The van der Waals surface area contributed by atoms with Crippen LogP contribution in [-0.4, -0.2) is 62.2 Å². The zero-order valence-electron chi connectivity index (χ0n) is 24.3. The van der Waals surface area contributed by atoms with Crippen molar-refractivity contribution in [1.29, 1.82) is 0 Å². The molecule has 13 heteroatoms. The van der Waals surface area contributed by atoms with Gasteiger partial charge in [0.15, 0.2) is 21.3 Å². The van der Waals surface area contributed by atoms with Gasteiger partial charge in [-0.3, -0.25) is 9.78 Å². The molecule has 0 unspecified atom stereocenters.